The lowest BCUT2D eigenvalue weighted by Crippen LogP contribution is -1.84. The lowest BCUT2D eigenvalue weighted by molar-refractivity contribution is 0.436. The first-order valence-corrected chi connectivity index (χ1v) is 7.69. The zero-order valence-electron chi connectivity index (χ0n) is 12.9. The average Bonchev–Trinajstić information content (AvgIpc) is 2.58. The van der Waals surface area contributed by atoms with E-state index in [2.05, 4.69) is 30.9 Å². The molecule has 3 aromatic rings. The van der Waals surface area contributed by atoms with E-state index < -0.39 is 5.82 Å². The number of hydrogen-bond acceptors (Lipinski definition) is 1. The second-order valence-electron chi connectivity index (χ2n) is 5.53. The van der Waals surface area contributed by atoms with Gasteiger partial charge >= 0.3 is 0 Å². The van der Waals surface area contributed by atoms with Gasteiger partial charge in [-0.2, -0.15) is 0 Å². The Balaban J connectivity index is 1.89. The number of halogens is 1. The first-order chi connectivity index (χ1) is 11.2. The maximum atomic E-state index is 13.8. The number of benzene rings is 3. The van der Waals surface area contributed by atoms with Crippen molar-refractivity contribution in [1.29, 1.82) is 0 Å². The van der Waals surface area contributed by atoms with Gasteiger partial charge in [-0.25, -0.2) is 4.39 Å². The van der Waals surface area contributed by atoms with Crippen molar-refractivity contribution in [3.63, 3.8) is 0 Å². The van der Waals surface area contributed by atoms with E-state index >= 15 is 0 Å². The summed E-state index contributed by atoms with van der Waals surface area (Å²) in [7, 11) is 0. The van der Waals surface area contributed by atoms with E-state index in [4.69, 9.17) is 0 Å². The summed E-state index contributed by atoms with van der Waals surface area (Å²) in [6.07, 6.45) is 2.21. The van der Waals surface area contributed by atoms with Crippen molar-refractivity contribution in [3.05, 3.63) is 77.1 Å². The maximum Gasteiger partial charge on any atom is 0.172 e. The van der Waals surface area contributed by atoms with Crippen LogP contribution in [0.3, 0.4) is 0 Å². The predicted molar refractivity (Wildman–Crippen MR) is 92.0 cm³/mol. The molecule has 0 bridgehead atoms. The summed E-state index contributed by atoms with van der Waals surface area (Å²) in [4.78, 5) is 0. The van der Waals surface area contributed by atoms with Crippen LogP contribution >= 0.6 is 0 Å². The third-order valence-corrected chi connectivity index (χ3v) is 3.78. The van der Waals surface area contributed by atoms with Crippen molar-refractivity contribution >= 4 is 10.8 Å². The molecule has 0 aliphatic carbocycles. The predicted octanol–water partition coefficient (Wildman–Crippen LogP) is 5.04. The third-order valence-electron chi connectivity index (χ3n) is 3.78. The van der Waals surface area contributed by atoms with E-state index in [9.17, 15) is 9.50 Å². The van der Waals surface area contributed by atoms with Crippen LogP contribution in [0.4, 0.5) is 4.39 Å². The minimum Gasteiger partial charge on any atom is -0.505 e. The van der Waals surface area contributed by atoms with Gasteiger partial charge < -0.3 is 5.11 Å². The Labute approximate surface area is 135 Å². The molecule has 114 valence electrons. The number of fused-ring (bicyclic) bond motifs is 1. The van der Waals surface area contributed by atoms with Gasteiger partial charge in [0.15, 0.2) is 11.6 Å². The molecule has 1 N–H and O–H groups in total. The van der Waals surface area contributed by atoms with Crippen LogP contribution in [-0.4, -0.2) is 5.11 Å². The molecule has 0 radical (unpaired) electrons. The lowest BCUT2D eigenvalue weighted by atomic mass is 10.1. The molecule has 3 rings (SSSR count). The van der Waals surface area contributed by atoms with E-state index in [1.54, 1.807) is 18.2 Å². The Morgan fingerprint density at radius 1 is 0.913 bits per heavy atom. The molecule has 1 nitrogen and oxygen atoms in total. The van der Waals surface area contributed by atoms with E-state index in [0.717, 1.165) is 29.4 Å². The molecule has 0 amide bonds. The molecule has 0 saturated carbocycles. The molecule has 0 fully saturated rings. The summed E-state index contributed by atoms with van der Waals surface area (Å²) in [5, 5.41) is 10.5. The van der Waals surface area contributed by atoms with Crippen molar-refractivity contribution in [3.8, 4) is 17.6 Å². The molecule has 0 heterocycles. The monoisotopic (exact) mass is 304 g/mol. The van der Waals surface area contributed by atoms with Gasteiger partial charge in [-0.15, -0.1) is 0 Å². The smallest absolute Gasteiger partial charge is 0.172 e. The van der Waals surface area contributed by atoms with Crippen LogP contribution in [-0.2, 0) is 6.42 Å². The van der Waals surface area contributed by atoms with Gasteiger partial charge in [0.25, 0.3) is 0 Å². The number of phenolic OH excluding ortho intramolecular Hbond substituents is 1. The fourth-order valence-electron chi connectivity index (χ4n) is 2.55. The number of aromatic hydroxyl groups is 1. The van der Waals surface area contributed by atoms with E-state index in [1.165, 1.54) is 11.6 Å². The molecule has 0 aliphatic rings. The highest BCUT2D eigenvalue weighted by atomic mass is 19.1. The number of hydrogen-bond donors (Lipinski definition) is 1. The largest absolute Gasteiger partial charge is 0.505 e. The SMILES string of the molecule is CCCc1ccc(C#Cc2ccc3c(F)c(O)ccc3c2)cc1. The van der Waals surface area contributed by atoms with Crippen LogP contribution in [0.1, 0.15) is 30.0 Å². The summed E-state index contributed by atoms with van der Waals surface area (Å²) in [6.45, 7) is 2.16. The van der Waals surface area contributed by atoms with Gasteiger partial charge in [0.2, 0.25) is 0 Å². The van der Waals surface area contributed by atoms with Gasteiger partial charge in [-0.3, -0.25) is 0 Å². The van der Waals surface area contributed by atoms with Crippen molar-refractivity contribution in [1.82, 2.24) is 0 Å². The highest BCUT2D eigenvalue weighted by Crippen LogP contribution is 2.25. The minimum atomic E-state index is -0.589. The van der Waals surface area contributed by atoms with Crippen LogP contribution in [0.25, 0.3) is 10.8 Å². The first-order valence-electron chi connectivity index (χ1n) is 7.69. The minimum absolute atomic E-state index is 0.330. The molecule has 0 aliphatic heterocycles. The van der Waals surface area contributed by atoms with Crippen molar-refractivity contribution < 1.29 is 9.50 Å². The fourth-order valence-corrected chi connectivity index (χ4v) is 2.55. The molecule has 0 spiro atoms. The normalized spacial score (nSPS) is 10.3. The Bertz CT molecular complexity index is 899. The number of rotatable bonds is 2. The van der Waals surface area contributed by atoms with Crippen LogP contribution < -0.4 is 0 Å². The second-order valence-corrected chi connectivity index (χ2v) is 5.53. The maximum absolute atomic E-state index is 13.8. The van der Waals surface area contributed by atoms with Gasteiger partial charge in [-0.1, -0.05) is 49.5 Å². The molecule has 23 heavy (non-hydrogen) atoms. The Kier molecular flexibility index (Phi) is 4.30. The molecule has 0 aromatic heterocycles. The molecule has 0 atom stereocenters. The van der Waals surface area contributed by atoms with E-state index in [1.807, 2.05) is 18.2 Å². The van der Waals surface area contributed by atoms with E-state index in [-0.39, 0.29) is 5.75 Å². The third kappa shape index (κ3) is 3.35. The van der Waals surface area contributed by atoms with Crippen LogP contribution in [0, 0.1) is 17.7 Å². The molecule has 3 aromatic carbocycles. The summed E-state index contributed by atoms with van der Waals surface area (Å²) >= 11 is 0. The second kappa shape index (κ2) is 6.54. The van der Waals surface area contributed by atoms with Crippen molar-refractivity contribution in [2.45, 2.75) is 19.8 Å². The molecule has 2 heteroatoms. The highest BCUT2D eigenvalue weighted by molar-refractivity contribution is 5.85. The van der Waals surface area contributed by atoms with Crippen molar-refractivity contribution in [2.24, 2.45) is 0 Å². The quantitative estimate of drug-likeness (QED) is 0.658. The number of aryl methyl sites for hydroxylation is 1. The van der Waals surface area contributed by atoms with Crippen LogP contribution in [0.2, 0.25) is 0 Å². The van der Waals surface area contributed by atoms with Gasteiger partial charge in [0.1, 0.15) is 0 Å². The Hall–Kier alpha value is -2.79. The zero-order chi connectivity index (χ0) is 16.2. The summed E-state index contributed by atoms with van der Waals surface area (Å²) in [6, 6.07) is 16.6. The molecular weight excluding hydrogens is 287 g/mol. The van der Waals surface area contributed by atoms with Crippen LogP contribution in [0.5, 0.6) is 5.75 Å². The van der Waals surface area contributed by atoms with Crippen molar-refractivity contribution in [2.75, 3.05) is 0 Å². The highest BCUT2D eigenvalue weighted by Gasteiger charge is 2.05. The van der Waals surface area contributed by atoms with Crippen LogP contribution in [0.15, 0.2) is 54.6 Å². The van der Waals surface area contributed by atoms with Gasteiger partial charge in [0.05, 0.1) is 0 Å². The van der Waals surface area contributed by atoms with Gasteiger partial charge in [-0.05, 0) is 47.7 Å². The molecule has 0 unspecified atom stereocenters. The van der Waals surface area contributed by atoms with Gasteiger partial charge in [0, 0.05) is 16.5 Å². The Morgan fingerprint density at radius 2 is 1.61 bits per heavy atom. The first kappa shape index (κ1) is 15.1. The fraction of sp³-hybridized carbons (Fsp3) is 0.143. The Morgan fingerprint density at radius 3 is 2.35 bits per heavy atom. The standard InChI is InChI=1S/C21H17FO/c1-2-3-15-4-6-16(7-5-15)8-9-17-10-12-19-18(14-17)11-13-20(23)21(19)22/h4-7,10-14,23H,2-3H2,1H3. The molecule has 0 saturated heterocycles. The number of phenols is 1. The zero-order valence-corrected chi connectivity index (χ0v) is 12.9. The van der Waals surface area contributed by atoms with E-state index in [0.29, 0.717) is 5.39 Å². The molecular formula is C21H17FO. The summed E-state index contributed by atoms with van der Waals surface area (Å²) < 4.78 is 13.8. The summed E-state index contributed by atoms with van der Waals surface area (Å²) in [5.74, 6) is 5.31. The summed E-state index contributed by atoms with van der Waals surface area (Å²) in [5.41, 5.74) is 3.10. The topological polar surface area (TPSA) is 20.2 Å². The average molecular weight is 304 g/mol. The lowest BCUT2D eigenvalue weighted by Gasteiger charge is -2.02.